The van der Waals surface area contributed by atoms with Crippen molar-refractivity contribution in [3.05, 3.63) is 64.8 Å². The van der Waals surface area contributed by atoms with Gasteiger partial charge < -0.3 is 0 Å². The fourth-order valence-electron chi connectivity index (χ4n) is 2.47. The number of fused-ring (bicyclic) bond motifs is 1. The van der Waals surface area contributed by atoms with Crippen LogP contribution < -0.4 is 11.3 Å². The molecule has 1 atom stereocenters. The summed E-state index contributed by atoms with van der Waals surface area (Å²) in [6.45, 7) is 2.00. The number of benzene rings is 1. The van der Waals surface area contributed by atoms with Gasteiger partial charge >= 0.3 is 0 Å². The Hall–Kier alpha value is -1.75. The average Bonchev–Trinajstić information content (AvgIpc) is 2.88. The molecule has 3 N–H and O–H groups in total. The van der Waals surface area contributed by atoms with Crippen molar-refractivity contribution in [1.29, 1.82) is 0 Å². The van der Waals surface area contributed by atoms with E-state index in [1.54, 1.807) is 11.3 Å². The molecular weight excluding hydrogens is 266 g/mol. The van der Waals surface area contributed by atoms with Crippen LogP contribution in [0.4, 0.5) is 0 Å². The first kappa shape index (κ1) is 13.2. The quantitative estimate of drug-likeness (QED) is 0.570. The van der Waals surface area contributed by atoms with Crippen molar-refractivity contribution in [2.24, 2.45) is 5.84 Å². The molecule has 20 heavy (non-hydrogen) atoms. The monoisotopic (exact) mass is 283 g/mol. The maximum absolute atomic E-state index is 5.75. The molecule has 1 aromatic carbocycles. The number of rotatable bonds is 4. The third-order valence-corrected chi connectivity index (χ3v) is 4.52. The third kappa shape index (κ3) is 2.58. The van der Waals surface area contributed by atoms with Gasteiger partial charge in [-0.05, 0) is 53.4 Å². The van der Waals surface area contributed by atoms with Crippen molar-refractivity contribution < 1.29 is 0 Å². The van der Waals surface area contributed by atoms with Gasteiger partial charge in [0.25, 0.3) is 0 Å². The molecule has 3 rings (SSSR count). The van der Waals surface area contributed by atoms with Crippen LogP contribution in [0.5, 0.6) is 0 Å². The van der Waals surface area contributed by atoms with E-state index in [0.29, 0.717) is 0 Å². The van der Waals surface area contributed by atoms with E-state index in [-0.39, 0.29) is 6.04 Å². The van der Waals surface area contributed by atoms with Gasteiger partial charge in [-0.2, -0.15) is 0 Å². The fourth-order valence-corrected chi connectivity index (χ4v) is 3.44. The molecule has 0 saturated heterocycles. The lowest BCUT2D eigenvalue weighted by Crippen LogP contribution is -2.29. The Bertz CT molecular complexity index is 720. The molecule has 2 heterocycles. The van der Waals surface area contributed by atoms with E-state index in [9.17, 15) is 0 Å². The number of aryl methyl sites for hydroxylation is 1. The van der Waals surface area contributed by atoms with Gasteiger partial charge in [0, 0.05) is 16.6 Å². The van der Waals surface area contributed by atoms with Crippen LogP contribution in [0.25, 0.3) is 10.1 Å². The molecule has 3 nitrogen and oxygen atoms in total. The summed E-state index contributed by atoms with van der Waals surface area (Å²) in [6, 6.07) is 12.7. The van der Waals surface area contributed by atoms with Gasteiger partial charge in [0.15, 0.2) is 0 Å². The molecule has 0 amide bonds. The number of aromatic nitrogens is 1. The Morgan fingerprint density at radius 1 is 1.30 bits per heavy atom. The highest BCUT2D eigenvalue weighted by Gasteiger charge is 2.13. The predicted molar refractivity (Wildman–Crippen MR) is 84.6 cm³/mol. The Kier molecular flexibility index (Phi) is 3.78. The molecular formula is C16H17N3S. The second-order valence-corrected chi connectivity index (χ2v) is 5.82. The molecule has 4 heteroatoms. The van der Waals surface area contributed by atoms with E-state index in [4.69, 9.17) is 5.84 Å². The molecule has 0 bridgehead atoms. The smallest absolute Gasteiger partial charge is 0.0502 e. The van der Waals surface area contributed by atoms with E-state index in [1.165, 1.54) is 21.2 Å². The highest BCUT2D eigenvalue weighted by atomic mass is 32.1. The van der Waals surface area contributed by atoms with Gasteiger partial charge in [-0.15, -0.1) is 11.3 Å². The number of hydrogen-bond acceptors (Lipinski definition) is 4. The maximum Gasteiger partial charge on any atom is 0.0502 e. The summed E-state index contributed by atoms with van der Waals surface area (Å²) in [4.78, 5) is 4.24. The van der Waals surface area contributed by atoms with Gasteiger partial charge in [0.05, 0.1) is 6.04 Å². The van der Waals surface area contributed by atoms with Crippen LogP contribution >= 0.6 is 11.3 Å². The lowest BCUT2D eigenvalue weighted by molar-refractivity contribution is 0.553. The van der Waals surface area contributed by atoms with Gasteiger partial charge in [0.2, 0.25) is 0 Å². The van der Waals surface area contributed by atoms with Gasteiger partial charge in [-0.3, -0.25) is 16.3 Å². The Labute approximate surface area is 122 Å². The van der Waals surface area contributed by atoms with Gasteiger partial charge in [0.1, 0.15) is 0 Å². The second kappa shape index (κ2) is 5.71. The molecule has 1 unspecified atom stereocenters. The molecule has 0 aliphatic carbocycles. The first-order chi connectivity index (χ1) is 9.78. The first-order valence-electron chi connectivity index (χ1n) is 6.61. The normalized spacial score (nSPS) is 12.7. The highest BCUT2D eigenvalue weighted by molar-refractivity contribution is 7.17. The molecule has 0 saturated carbocycles. The Balaban J connectivity index is 1.92. The van der Waals surface area contributed by atoms with Crippen LogP contribution in [0.3, 0.4) is 0 Å². The number of nitrogens with two attached hydrogens (primary N) is 1. The molecule has 3 aromatic rings. The van der Waals surface area contributed by atoms with E-state index < -0.39 is 0 Å². The number of thiophene rings is 1. The number of nitrogens with one attached hydrogen (secondary N) is 1. The Morgan fingerprint density at radius 2 is 2.15 bits per heavy atom. The number of pyridine rings is 1. The summed E-state index contributed by atoms with van der Waals surface area (Å²) in [5, 5.41) is 3.55. The first-order valence-corrected chi connectivity index (χ1v) is 7.49. The van der Waals surface area contributed by atoms with Crippen molar-refractivity contribution in [2.75, 3.05) is 0 Å². The molecule has 102 valence electrons. The average molecular weight is 283 g/mol. The Morgan fingerprint density at radius 3 is 2.95 bits per heavy atom. The van der Waals surface area contributed by atoms with Crippen molar-refractivity contribution in [2.45, 2.75) is 19.4 Å². The van der Waals surface area contributed by atoms with E-state index in [0.717, 1.165) is 12.1 Å². The zero-order valence-electron chi connectivity index (χ0n) is 11.3. The van der Waals surface area contributed by atoms with Gasteiger partial charge in [-0.25, -0.2) is 0 Å². The van der Waals surface area contributed by atoms with E-state index in [1.807, 2.05) is 19.2 Å². The summed E-state index contributed by atoms with van der Waals surface area (Å²) in [5.41, 5.74) is 6.45. The maximum atomic E-state index is 5.75. The van der Waals surface area contributed by atoms with Crippen LogP contribution in [-0.4, -0.2) is 4.98 Å². The highest BCUT2D eigenvalue weighted by Crippen LogP contribution is 2.29. The summed E-state index contributed by atoms with van der Waals surface area (Å²) in [7, 11) is 0. The van der Waals surface area contributed by atoms with Gasteiger partial charge in [-0.1, -0.05) is 18.2 Å². The summed E-state index contributed by atoms with van der Waals surface area (Å²) in [6.07, 6.45) is 2.71. The molecule has 0 aliphatic rings. The van der Waals surface area contributed by atoms with Crippen molar-refractivity contribution in [3.63, 3.8) is 0 Å². The second-order valence-electron chi connectivity index (χ2n) is 4.91. The van der Waals surface area contributed by atoms with Crippen LogP contribution in [0.1, 0.15) is 22.9 Å². The lowest BCUT2D eigenvalue weighted by Gasteiger charge is -2.16. The van der Waals surface area contributed by atoms with Crippen molar-refractivity contribution in [1.82, 2.24) is 10.4 Å². The summed E-state index contributed by atoms with van der Waals surface area (Å²) in [5.74, 6) is 5.75. The van der Waals surface area contributed by atoms with Crippen molar-refractivity contribution in [3.8, 4) is 0 Å². The molecule has 0 aliphatic heterocycles. The number of hydrazine groups is 1. The summed E-state index contributed by atoms with van der Waals surface area (Å²) < 4.78 is 1.32. The molecule has 2 aromatic heterocycles. The van der Waals surface area contributed by atoms with Crippen LogP contribution in [0, 0.1) is 6.92 Å². The van der Waals surface area contributed by atoms with Crippen LogP contribution in [0.2, 0.25) is 0 Å². The minimum atomic E-state index is 0.106. The largest absolute Gasteiger partial charge is 0.271 e. The van der Waals surface area contributed by atoms with Crippen LogP contribution in [0.15, 0.2) is 48.0 Å². The van der Waals surface area contributed by atoms with E-state index >= 15 is 0 Å². The third-order valence-electron chi connectivity index (χ3n) is 3.51. The zero-order valence-corrected chi connectivity index (χ0v) is 12.2. The SMILES string of the molecule is Cc1cc(C(Cc2csc3ccccc23)NN)ccn1. The lowest BCUT2D eigenvalue weighted by atomic mass is 9.99. The minimum absolute atomic E-state index is 0.106. The number of nitrogens with zero attached hydrogens (tertiary/aromatic N) is 1. The molecule has 0 radical (unpaired) electrons. The van der Waals surface area contributed by atoms with E-state index in [2.05, 4.69) is 46.1 Å². The standard InChI is InChI=1S/C16H17N3S/c1-11-8-12(6-7-18-11)15(19-17)9-13-10-20-16-5-3-2-4-14(13)16/h2-8,10,15,19H,9,17H2,1H3. The number of hydrogen-bond donors (Lipinski definition) is 2. The summed E-state index contributed by atoms with van der Waals surface area (Å²) >= 11 is 1.78. The molecule has 0 fully saturated rings. The zero-order chi connectivity index (χ0) is 13.9. The fraction of sp³-hybridized carbons (Fsp3) is 0.188. The molecule has 0 spiro atoms. The van der Waals surface area contributed by atoms with Crippen molar-refractivity contribution >= 4 is 21.4 Å². The topological polar surface area (TPSA) is 50.9 Å². The minimum Gasteiger partial charge on any atom is -0.271 e. The predicted octanol–water partition coefficient (Wildman–Crippen LogP) is 3.35. The van der Waals surface area contributed by atoms with Crippen LogP contribution in [-0.2, 0) is 6.42 Å².